The summed E-state index contributed by atoms with van der Waals surface area (Å²) in [4.78, 5) is 88.3. The number of allylic oxidation sites excluding steroid dienone is 1. The number of amides is 2. The van der Waals surface area contributed by atoms with Crippen LogP contribution in [0.5, 0.6) is 0 Å². The van der Waals surface area contributed by atoms with Gasteiger partial charge in [-0.3, -0.25) is 32.5 Å². The average molecular weight is 940 g/mol. The minimum atomic E-state index is -5.60. The summed E-state index contributed by atoms with van der Waals surface area (Å²) in [5.41, 5.74) is 3.46. The molecule has 3 heterocycles. The zero-order chi connectivity index (χ0) is 45.2. The molecule has 2 amide bonds. The number of thioether (sulfide) groups is 1. The SMILES string of the molecule is CC(C)(COP(=O)(O)OP(=O)(O)OCC1OC(C)(n2cnc3c(N)ncnc32)C(O)C1OP(=O)(O)O)C(O)C(=O)NCCC(=O)NCCSC(=O)C=CCCc1ccccc1. The number of hydrogen-bond donors (Lipinski definition) is 9. The Bertz CT molecular complexity index is 2180. The van der Waals surface area contributed by atoms with Gasteiger partial charge >= 0.3 is 23.5 Å². The number of carbonyl (C=O) groups excluding carboxylic acids is 3. The van der Waals surface area contributed by atoms with Crippen LogP contribution in [-0.2, 0) is 62.8 Å². The van der Waals surface area contributed by atoms with E-state index in [9.17, 15) is 57.9 Å². The van der Waals surface area contributed by atoms with Crippen molar-refractivity contribution in [3.63, 3.8) is 0 Å². The molecule has 1 fully saturated rings. The van der Waals surface area contributed by atoms with E-state index in [1.54, 1.807) is 6.08 Å². The van der Waals surface area contributed by atoms with Crippen molar-refractivity contribution in [1.82, 2.24) is 30.2 Å². The number of hydrogen-bond acceptors (Lipinski definition) is 18. The second-order valence-electron chi connectivity index (χ2n) is 14.2. The molecule has 7 unspecified atom stereocenters. The van der Waals surface area contributed by atoms with Gasteiger partial charge in [-0.05, 0) is 31.4 Å². The van der Waals surface area contributed by atoms with Gasteiger partial charge in [0.25, 0.3) is 0 Å². The predicted molar refractivity (Wildman–Crippen MR) is 216 cm³/mol. The van der Waals surface area contributed by atoms with Gasteiger partial charge in [0, 0.05) is 30.7 Å². The monoisotopic (exact) mass is 939 g/mol. The maximum Gasteiger partial charge on any atom is 0.481 e. The van der Waals surface area contributed by atoms with Gasteiger partial charge in [0.15, 0.2) is 17.2 Å². The molecule has 28 heteroatoms. The molecule has 4 rings (SSSR count). The Morgan fingerprint density at radius 2 is 1.74 bits per heavy atom. The highest BCUT2D eigenvalue weighted by Crippen LogP contribution is 2.61. The van der Waals surface area contributed by atoms with Gasteiger partial charge in [0.05, 0.1) is 19.5 Å². The van der Waals surface area contributed by atoms with Gasteiger partial charge in [-0.15, -0.1) is 0 Å². The molecule has 2 aromatic heterocycles. The molecule has 338 valence electrons. The molecule has 0 radical (unpaired) electrons. The second kappa shape index (κ2) is 21.3. The Labute approximate surface area is 353 Å². The van der Waals surface area contributed by atoms with Gasteiger partial charge in [-0.25, -0.2) is 28.6 Å². The molecule has 3 aromatic rings. The number of carbonyl (C=O) groups is 3. The molecule has 24 nitrogen and oxygen atoms in total. The summed E-state index contributed by atoms with van der Waals surface area (Å²) in [5.74, 6) is -1.16. The number of aliphatic hydroxyl groups is 2. The summed E-state index contributed by atoms with van der Waals surface area (Å²) in [7, 11) is -16.5. The number of fused-ring (bicyclic) bond motifs is 1. The van der Waals surface area contributed by atoms with Crippen LogP contribution in [0.15, 0.2) is 55.1 Å². The molecule has 1 aliphatic heterocycles. The molecule has 1 aromatic carbocycles. The summed E-state index contributed by atoms with van der Waals surface area (Å²) >= 11 is 1.03. The highest BCUT2D eigenvalue weighted by Gasteiger charge is 2.57. The first kappa shape index (κ1) is 50.2. The fourth-order valence-corrected chi connectivity index (χ4v) is 9.13. The van der Waals surface area contributed by atoms with Crippen LogP contribution in [0, 0.1) is 5.41 Å². The number of aromatic nitrogens is 4. The third-order valence-electron chi connectivity index (χ3n) is 8.93. The molecule has 0 saturated carbocycles. The maximum atomic E-state index is 12.8. The van der Waals surface area contributed by atoms with Gasteiger partial charge in [0.1, 0.15) is 36.3 Å². The van der Waals surface area contributed by atoms with Crippen LogP contribution in [0.3, 0.4) is 0 Å². The molecule has 0 spiro atoms. The quantitative estimate of drug-likeness (QED) is 0.0364. The van der Waals surface area contributed by atoms with Crippen LogP contribution in [0.1, 0.15) is 39.2 Å². The first-order chi connectivity index (χ1) is 28.4. The van der Waals surface area contributed by atoms with Crippen LogP contribution in [-0.4, -0.2) is 123 Å². The lowest BCUT2D eigenvalue weighted by atomic mass is 9.87. The molecule has 1 saturated heterocycles. The average Bonchev–Trinajstić information content (AvgIpc) is 3.72. The Kier molecular flexibility index (Phi) is 17.5. The van der Waals surface area contributed by atoms with Crippen molar-refractivity contribution in [3.8, 4) is 0 Å². The van der Waals surface area contributed by atoms with E-state index in [4.69, 9.17) is 24.0 Å². The van der Waals surface area contributed by atoms with Gasteiger partial charge < -0.3 is 50.9 Å². The van der Waals surface area contributed by atoms with E-state index in [0.717, 1.165) is 41.0 Å². The molecule has 0 aliphatic carbocycles. The fourth-order valence-electron chi connectivity index (χ4n) is 5.72. The molecule has 7 atom stereocenters. The molecule has 61 heavy (non-hydrogen) atoms. The van der Waals surface area contributed by atoms with Crippen molar-refractivity contribution in [3.05, 3.63) is 60.7 Å². The van der Waals surface area contributed by atoms with Gasteiger partial charge in [-0.2, -0.15) is 4.31 Å². The van der Waals surface area contributed by atoms with Gasteiger partial charge in [0.2, 0.25) is 16.9 Å². The first-order valence-corrected chi connectivity index (χ1v) is 23.7. The van der Waals surface area contributed by atoms with Crippen molar-refractivity contribution >= 4 is 69.1 Å². The Morgan fingerprint density at radius 1 is 1.05 bits per heavy atom. The Morgan fingerprint density at radius 3 is 2.43 bits per heavy atom. The molecule has 0 bridgehead atoms. The largest absolute Gasteiger partial charge is 0.481 e. The van der Waals surface area contributed by atoms with Crippen molar-refractivity contribution < 1.29 is 80.5 Å². The number of imidazole rings is 1. The summed E-state index contributed by atoms with van der Waals surface area (Å²) in [6.07, 6.45) is -0.746. The minimum Gasteiger partial charge on any atom is -0.385 e. The zero-order valence-corrected chi connectivity index (χ0v) is 36.5. The summed E-state index contributed by atoms with van der Waals surface area (Å²) in [6, 6.07) is 9.82. The molecular formula is C33H48N7O17P3S. The number of phosphoric acid groups is 3. The first-order valence-electron chi connectivity index (χ1n) is 18.2. The van der Waals surface area contributed by atoms with Crippen molar-refractivity contribution in [2.75, 3.05) is 37.8 Å². The lowest BCUT2D eigenvalue weighted by molar-refractivity contribution is -0.137. The normalized spacial score (nSPS) is 22.1. The zero-order valence-electron chi connectivity index (χ0n) is 33.0. The number of phosphoric ester groups is 3. The fraction of sp³-hybridized carbons (Fsp3) is 0.515. The van der Waals surface area contributed by atoms with E-state index in [1.165, 1.54) is 26.8 Å². The standard InChI is InChI=1S/C33H48N7O17P3S/c1-32(2,28(44)31(45)36-14-13-23(41)35-15-16-61-24(42)12-8-7-11-21-9-5-4-6-10-21)18-54-60(51,52)57-59(49,50)53-17-22-26(56-58(46,47)48)27(43)33(3,55-22)40-20-39-25-29(34)37-19-38-30(25)40/h4-6,8-10,12,19-20,22,26-28,43-44H,7,11,13-18H2,1-3H3,(H,35,41)(H,36,45)(H,49,50)(H,51,52)(H2,34,37,38)(H2,46,47,48). The van der Waals surface area contributed by atoms with Crippen LogP contribution in [0.2, 0.25) is 0 Å². The van der Waals surface area contributed by atoms with E-state index in [0.29, 0.717) is 12.2 Å². The third kappa shape index (κ3) is 14.8. The third-order valence-corrected chi connectivity index (χ3v) is 12.9. The van der Waals surface area contributed by atoms with Crippen LogP contribution < -0.4 is 16.4 Å². The Balaban J connectivity index is 1.20. The number of aliphatic hydroxyl groups excluding tert-OH is 2. The van der Waals surface area contributed by atoms with E-state index >= 15 is 0 Å². The number of nitrogens with zero attached hydrogens (tertiary/aromatic N) is 4. The minimum absolute atomic E-state index is 0.0176. The van der Waals surface area contributed by atoms with Gasteiger partial charge in [-0.1, -0.05) is 62.0 Å². The van der Waals surface area contributed by atoms with Crippen LogP contribution in [0.4, 0.5) is 5.82 Å². The maximum absolute atomic E-state index is 12.8. The van der Waals surface area contributed by atoms with E-state index < -0.39 is 84.1 Å². The lowest BCUT2D eigenvalue weighted by Gasteiger charge is -2.30. The number of nitrogens with one attached hydrogen (secondary N) is 2. The second-order valence-corrected chi connectivity index (χ2v) is 19.6. The highest BCUT2D eigenvalue weighted by molar-refractivity contribution is 8.14. The number of anilines is 1. The lowest BCUT2D eigenvalue weighted by Crippen LogP contribution is -2.46. The summed E-state index contributed by atoms with van der Waals surface area (Å²) < 4.78 is 62.8. The number of ether oxygens (including phenoxy) is 1. The van der Waals surface area contributed by atoms with Crippen molar-refractivity contribution in [1.29, 1.82) is 0 Å². The summed E-state index contributed by atoms with van der Waals surface area (Å²) in [6.45, 7) is 1.68. The van der Waals surface area contributed by atoms with Crippen LogP contribution >= 0.6 is 35.2 Å². The Hall–Kier alpha value is -3.48. The number of benzene rings is 1. The molecular weight excluding hydrogens is 891 g/mol. The topological polar surface area (TPSA) is 364 Å². The number of rotatable bonds is 23. The smallest absolute Gasteiger partial charge is 0.385 e. The predicted octanol–water partition coefficient (Wildman–Crippen LogP) is 1.03. The summed E-state index contributed by atoms with van der Waals surface area (Å²) in [5, 5.41) is 26.6. The van der Waals surface area contributed by atoms with E-state index in [-0.39, 0.29) is 41.6 Å². The number of nitrogen functional groups attached to an aromatic ring is 1. The van der Waals surface area contributed by atoms with Crippen LogP contribution in [0.25, 0.3) is 11.2 Å². The van der Waals surface area contributed by atoms with Crippen molar-refractivity contribution in [2.45, 2.75) is 70.2 Å². The number of nitrogens with two attached hydrogens (primary N) is 1. The van der Waals surface area contributed by atoms with Crippen molar-refractivity contribution in [2.24, 2.45) is 5.41 Å². The highest BCUT2D eigenvalue weighted by atomic mass is 32.2. The molecule has 10 N–H and O–H groups in total. The van der Waals surface area contributed by atoms with E-state index in [1.807, 2.05) is 30.3 Å². The van der Waals surface area contributed by atoms with E-state index in [2.05, 4.69) is 29.9 Å². The molecule has 1 aliphatic rings. The number of aryl methyl sites for hydroxylation is 1.